The molecule has 17 heavy (non-hydrogen) atoms. The molecule has 0 aromatic heterocycles. The van der Waals surface area contributed by atoms with Gasteiger partial charge < -0.3 is 20.7 Å². The van der Waals surface area contributed by atoms with Gasteiger partial charge >= 0.3 is 11.9 Å². The predicted molar refractivity (Wildman–Crippen MR) is 57.0 cm³/mol. The van der Waals surface area contributed by atoms with Crippen molar-refractivity contribution in [1.82, 2.24) is 0 Å². The van der Waals surface area contributed by atoms with E-state index < -0.39 is 36.0 Å². The molecule has 0 spiro atoms. The number of hydrogen-bond donors (Lipinski definition) is 3. The minimum atomic E-state index is -2.72. The maximum atomic E-state index is 11.3. The summed E-state index contributed by atoms with van der Waals surface area (Å²) in [5.41, 5.74) is 2.74. The molecule has 2 unspecified atom stereocenters. The molecule has 98 valence electrons. The molecule has 0 aliphatic carbocycles. The van der Waals surface area contributed by atoms with Gasteiger partial charge in [0.05, 0.1) is 0 Å². The zero-order valence-electron chi connectivity index (χ0n) is 9.97. The third-order valence-electron chi connectivity index (χ3n) is 2.35. The lowest BCUT2D eigenvalue weighted by atomic mass is 10.0. The first-order valence-corrected chi connectivity index (χ1v) is 5.02. The molecule has 0 radical (unpaired) electrons. The van der Waals surface area contributed by atoms with Gasteiger partial charge in [-0.3, -0.25) is 9.59 Å². The molecule has 0 amide bonds. The van der Waals surface area contributed by atoms with E-state index in [1.165, 1.54) is 0 Å². The highest BCUT2D eigenvalue weighted by Gasteiger charge is 2.43. The molecule has 0 aromatic carbocycles. The monoisotopic (exact) mass is 247 g/mol. The van der Waals surface area contributed by atoms with Gasteiger partial charge in [0.1, 0.15) is 12.6 Å². The van der Waals surface area contributed by atoms with Crippen LogP contribution in [0.5, 0.6) is 0 Å². The average molecular weight is 247 g/mol. The van der Waals surface area contributed by atoms with Crippen LogP contribution < -0.4 is 5.73 Å². The standard InChI is InChI=1S/C10H17NO6/c1-5(2)7(11)8(13)17-4-10(16,6(3)12)9(14)15/h5,7,16H,4,11H2,1-3H3,(H,14,15). The first-order chi connectivity index (χ1) is 7.62. The van der Waals surface area contributed by atoms with E-state index in [1.54, 1.807) is 13.8 Å². The van der Waals surface area contributed by atoms with Crippen LogP contribution in [0.25, 0.3) is 0 Å². The molecule has 0 heterocycles. The van der Waals surface area contributed by atoms with Crippen molar-refractivity contribution in [2.75, 3.05) is 6.61 Å². The van der Waals surface area contributed by atoms with Crippen LogP contribution in [0.4, 0.5) is 0 Å². The van der Waals surface area contributed by atoms with Gasteiger partial charge in [-0.15, -0.1) is 0 Å². The Bertz CT molecular complexity index is 311. The van der Waals surface area contributed by atoms with Crippen molar-refractivity contribution >= 4 is 17.7 Å². The van der Waals surface area contributed by atoms with Gasteiger partial charge in [0.25, 0.3) is 5.60 Å². The largest absolute Gasteiger partial charge is 0.479 e. The number of esters is 1. The second kappa shape index (κ2) is 5.74. The number of carboxylic acid groups (broad SMARTS) is 1. The minimum absolute atomic E-state index is 0.197. The second-order valence-electron chi connectivity index (χ2n) is 4.10. The molecule has 2 atom stereocenters. The number of aliphatic carboxylic acids is 1. The lowest BCUT2D eigenvalue weighted by Gasteiger charge is -2.21. The number of aliphatic hydroxyl groups is 1. The number of hydrogen-bond acceptors (Lipinski definition) is 6. The van der Waals surface area contributed by atoms with E-state index in [2.05, 4.69) is 4.74 Å². The molecule has 0 aromatic rings. The Morgan fingerprint density at radius 2 is 1.82 bits per heavy atom. The van der Waals surface area contributed by atoms with E-state index >= 15 is 0 Å². The predicted octanol–water partition coefficient (Wildman–Crippen LogP) is -1.08. The Morgan fingerprint density at radius 3 is 2.12 bits per heavy atom. The summed E-state index contributed by atoms with van der Waals surface area (Å²) in [4.78, 5) is 33.0. The number of nitrogens with two attached hydrogens (primary N) is 1. The number of rotatable bonds is 6. The Kier molecular flexibility index (Phi) is 5.24. The summed E-state index contributed by atoms with van der Waals surface area (Å²) in [5.74, 6) is -3.84. The van der Waals surface area contributed by atoms with Crippen LogP contribution in [-0.2, 0) is 19.1 Å². The highest BCUT2D eigenvalue weighted by molar-refractivity contribution is 6.05. The zero-order chi connectivity index (χ0) is 13.8. The molecular weight excluding hydrogens is 230 g/mol. The summed E-state index contributed by atoms with van der Waals surface area (Å²) in [7, 11) is 0. The molecule has 0 fully saturated rings. The number of Topliss-reactive ketones (excluding diaryl/α,β-unsaturated/α-hetero) is 1. The van der Waals surface area contributed by atoms with Crippen molar-refractivity contribution in [3.05, 3.63) is 0 Å². The molecule has 0 aliphatic rings. The van der Waals surface area contributed by atoms with E-state index in [0.29, 0.717) is 0 Å². The Labute approximate surface area is 98.6 Å². The number of ether oxygens (including phenoxy) is 1. The summed E-state index contributed by atoms with van der Waals surface area (Å²) in [6, 6.07) is -0.931. The van der Waals surface area contributed by atoms with Gasteiger partial charge in [-0.1, -0.05) is 13.8 Å². The van der Waals surface area contributed by atoms with Crippen LogP contribution in [-0.4, -0.2) is 46.2 Å². The Morgan fingerprint density at radius 1 is 1.35 bits per heavy atom. The molecule has 0 saturated carbocycles. The number of carbonyl (C=O) groups is 3. The maximum absolute atomic E-state index is 11.3. The SMILES string of the molecule is CC(=O)C(O)(COC(=O)C(N)C(C)C)C(=O)O. The molecule has 4 N–H and O–H groups in total. The normalized spacial score (nSPS) is 16.1. The fourth-order valence-corrected chi connectivity index (χ4v) is 0.858. The summed E-state index contributed by atoms with van der Waals surface area (Å²) in [6.45, 7) is 3.31. The van der Waals surface area contributed by atoms with Crippen LogP contribution in [0.3, 0.4) is 0 Å². The molecule has 0 aliphatic heterocycles. The number of carboxylic acids is 1. The van der Waals surface area contributed by atoms with Gasteiger partial charge in [-0.25, -0.2) is 4.79 Å². The van der Waals surface area contributed by atoms with E-state index in [9.17, 15) is 19.5 Å². The van der Waals surface area contributed by atoms with E-state index in [0.717, 1.165) is 6.92 Å². The van der Waals surface area contributed by atoms with Gasteiger partial charge in [0.2, 0.25) is 0 Å². The third kappa shape index (κ3) is 3.79. The summed E-state index contributed by atoms with van der Waals surface area (Å²) in [6.07, 6.45) is 0. The zero-order valence-corrected chi connectivity index (χ0v) is 9.97. The number of carbonyl (C=O) groups excluding carboxylic acids is 2. The van der Waals surface area contributed by atoms with Gasteiger partial charge in [0.15, 0.2) is 5.78 Å². The molecule has 0 bridgehead atoms. The van der Waals surface area contributed by atoms with Crippen molar-refractivity contribution in [2.45, 2.75) is 32.4 Å². The van der Waals surface area contributed by atoms with Gasteiger partial charge in [-0.05, 0) is 12.8 Å². The van der Waals surface area contributed by atoms with Crippen molar-refractivity contribution in [2.24, 2.45) is 11.7 Å². The van der Waals surface area contributed by atoms with Crippen molar-refractivity contribution < 1.29 is 29.3 Å². The highest BCUT2D eigenvalue weighted by atomic mass is 16.6. The van der Waals surface area contributed by atoms with Crippen LogP contribution >= 0.6 is 0 Å². The Hall–Kier alpha value is -1.47. The fourth-order valence-electron chi connectivity index (χ4n) is 0.858. The van der Waals surface area contributed by atoms with Gasteiger partial charge in [0, 0.05) is 0 Å². The first-order valence-electron chi connectivity index (χ1n) is 5.02. The molecule has 7 nitrogen and oxygen atoms in total. The molecular formula is C10H17NO6. The van der Waals surface area contributed by atoms with Crippen LogP contribution in [0.1, 0.15) is 20.8 Å². The third-order valence-corrected chi connectivity index (χ3v) is 2.35. The van der Waals surface area contributed by atoms with Crippen molar-refractivity contribution in [1.29, 1.82) is 0 Å². The van der Waals surface area contributed by atoms with E-state index in [4.69, 9.17) is 10.8 Å². The summed E-state index contributed by atoms with van der Waals surface area (Å²) in [5, 5.41) is 18.1. The quantitative estimate of drug-likeness (QED) is 0.402. The number of ketones is 1. The smallest absolute Gasteiger partial charge is 0.347 e. The lowest BCUT2D eigenvalue weighted by molar-refractivity contribution is -0.174. The van der Waals surface area contributed by atoms with Gasteiger partial charge in [-0.2, -0.15) is 0 Å². The first kappa shape index (κ1) is 15.5. The molecule has 7 heteroatoms. The van der Waals surface area contributed by atoms with Crippen LogP contribution in [0, 0.1) is 5.92 Å². The maximum Gasteiger partial charge on any atom is 0.347 e. The van der Waals surface area contributed by atoms with Crippen LogP contribution in [0.15, 0.2) is 0 Å². The summed E-state index contributed by atoms with van der Waals surface area (Å²) < 4.78 is 4.54. The van der Waals surface area contributed by atoms with Crippen LogP contribution in [0.2, 0.25) is 0 Å². The molecule has 0 rings (SSSR count). The van der Waals surface area contributed by atoms with Crippen molar-refractivity contribution in [3.8, 4) is 0 Å². The Balaban J connectivity index is 4.59. The fraction of sp³-hybridized carbons (Fsp3) is 0.700. The summed E-state index contributed by atoms with van der Waals surface area (Å²) >= 11 is 0. The van der Waals surface area contributed by atoms with E-state index in [1.807, 2.05) is 0 Å². The lowest BCUT2D eigenvalue weighted by Crippen LogP contribution is -2.51. The van der Waals surface area contributed by atoms with Crippen molar-refractivity contribution in [3.63, 3.8) is 0 Å². The highest BCUT2D eigenvalue weighted by Crippen LogP contribution is 2.09. The average Bonchev–Trinajstić information content (AvgIpc) is 2.23. The van der Waals surface area contributed by atoms with E-state index in [-0.39, 0.29) is 5.92 Å². The topological polar surface area (TPSA) is 127 Å². The molecule has 0 saturated heterocycles. The minimum Gasteiger partial charge on any atom is -0.479 e. The second-order valence-corrected chi connectivity index (χ2v) is 4.10.